The molecule has 0 saturated heterocycles. The number of hydrogen-bond acceptors (Lipinski definition) is 6. The third kappa shape index (κ3) is 3.52. The minimum Gasteiger partial charge on any atom is -0.393 e. The van der Waals surface area contributed by atoms with Crippen molar-refractivity contribution in [3.63, 3.8) is 0 Å². The van der Waals surface area contributed by atoms with E-state index in [1.54, 1.807) is 0 Å². The van der Waals surface area contributed by atoms with Crippen molar-refractivity contribution >= 4 is 5.96 Å². The van der Waals surface area contributed by atoms with E-state index in [0.29, 0.717) is 29.1 Å². The van der Waals surface area contributed by atoms with Gasteiger partial charge in [-0.25, -0.2) is 5.43 Å². The number of hydrazine groups is 1. The number of fused-ring (bicyclic) bond motifs is 5. The Bertz CT molecular complexity index is 701. The van der Waals surface area contributed by atoms with Crippen molar-refractivity contribution < 1.29 is 10.2 Å². The summed E-state index contributed by atoms with van der Waals surface area (Å²) in [4.78, 5) is 4.45. The third-order valence-electron chi connectivity index (χ3n) is 10.7. The van der Waals surface area contributed by atoms with Crippen molar-refractivity contribution in [3.8, 4) is 0 Å². The molecule has 0 aromatic rings. The molecule has 4 saturated carbocycles. The van der Waals surface area contributed by atoms with Crippen molar-refractivity contribution in [2.24, 2.45) is 39.5 Å². The number of aliphatic hydroxyl groups excluding tert-OH is 1. The van der Waals surface area contributed by atoms with Crippen LogP contribution in [0, 0.1) is 34.5 Å². The van der Waals surface area contributed by atoms with E-state index in [9.17, 15) is 10.2 Å². The van der Waals surface area contributed by atoms with Crippen LogP contribution in [0.15, 0.2) is 4.99 Å². The minimum atomic E-state index is -0.507. The predicted molar refractivity (Wildman–Crippen MR) is 123 cm³/mol. The average Bonchev–Trinajstić information content (AvgIpc) is 3.03. The molecule has 8 atom stereocenters. The van der Waals surface area contributed by atoms with E-state index in [1.165, 1.54) is 12.8 Å². The first-order chi connectivity index (χ1) is 14.9. The van der Waals surface area contributed by atoms with Crippen LogP contribution in [-0.4, -0.2) is 47.5 Å². The van der Waals surface area contributed by atoms with E-state index >= 15 is 0 Å². The smallest absolute Gasteiger partial charge is 0.205 e. The van der Waals surface area contributed by atoms with Gasteiger partial charge in [0, 0.05) is 19.6 Å². The highest BCUT2D eigenvalue weighted by Gasteiger charge is 2.66. The second-order valence-corrected chi connectivity index (χ2v) is 11.9. The highest BCUT2D eigenvalue weighted by atomic mass is 16.3. The van der Waals surface area contributed by atoms with E-state index in [-0.39, 0.29) is 11.5 Å². The maximum absolute atomic E-state index is 12.2. The van der Waals surface area contributed by atoms with Crippen molar-refractivity contribution in [2.45, 2.75) is 96.2 Å². The van der Waals surface area contributed by atoms with Crippen LogP contribution in [0.1, 0.15) is 84.5 Å². The van der Waals surface area contributed by atoms with Crippen molar-refractivity contribution in [1.82, 2.24) is 16.2 Å². The van der Waals surface area contributed by atoms with Gasteiger partial charge in [-0.15, -0.1) is 0 Å². The van der Waals surface area contributed by atoms with Gasteiger partial charge in [0.25, 0.3) is 0 Å². The molecule has 5 rings (SSSR count). The van der Waals surface area contributed by atoms with Gasteiger partial charge in [0.05, 0.1) is 11.7 Å². The molecular formula is C25H44N4O2. The van der Waals surface area contributed by atoms with Crippen LogP contribution < -0.4 is 16.2 Å². The molecule has 5 N–H and O–H groups in total. The zero-order valence-corrected chi connectivity index (χ0v) is 19.6. The van der Waals surface area contributed by atoms with Crippen LogP contribution in [-0.2, 0) is 0 Å². The highest BCUT2D eigenvalue weighted by Crippen LogP contribution is 2.69. The Hall–Kier alpha value is -0.850. The second-order valence-electron chi connectivity index (χ2n) is 11.9. The first kappa shape index (κ1) is 22.0. The van der Waals surface area contributed by atoms with Crippen LogP contribution in [0.4, 0.5) is 0 Å². The summed E-state index contributed by atoms with van der Waals surface area (Å²) in [5.74, 6) is 3.16. The molecule has 0 spiro atoms. The van der Waals surface area contributed by atoms with Crippen molar-refractivity contribution in [3.05, 3.63) is 0 Å². The van der Waals surface area contributed by atoms with E-state index in [0.717, 1.165) is 83.4 Å². The molecule has 1 heterocycles. The Kier molecular flexibility index (Phi) is 5.79. The lowest BCUT2D eigenvalue weighted by atomic mass is 9.43. The standard InChI is InChI=1S/C25H44N4O2/c1-23-10-7-19(30)16-18(23)4-5-21-20(23)8-11-24(2)17(6-12-25(21,24)31)9-15-28-29-22-26-13-3-14-27-22/h17-21,28,30-31H,3-16H2,1-2H3,(H2,26,27,29)/t17-,18-,19+,20+,21-,23+,24-,25+/m1/s1. The number of aliphatic imine (C=N–C) groups is 1. The molecule has 5 aliphatic rings. The van der Waals surface area contributed by atoms with E-state index < -0.39 is 5.60 Å². The Balaban J connectivity index is 1.24. The van der Waals surface area contributed by atoms with Gasteiger partial charge in [0.15, 0.2) is 0 Å². The van der Waals surface area contributed by atoms with Gasteiger partial charge in [-0.3, -0.25) is 10.4 Å². The molecule has 31 heavy (non-hydrogen) atoms. The lowest BCUT2D eigenvalue weighted by Crippen LogP contribution is -2.62. The number of aliphatic hydroxyl groups is 2. The number of hydrogen-bond donors (Lipinski definition) is 5. The molecule has 0 bridgehead atoms. The first-order valence-electron chi connectivity index (χ1n) is 13.0. The fourth-order valence-corrected chi connectivity index (χ4v) is 8.79. The Labute approximate surface area is 188 Å². The quantitative estimate of drug-likeness (QED) is 0.348. The number of nitrogens with zero attached hydrogens (tertiary/aromatic N) is 1. The number of nitrogens with one attached hydrogen (secondary N) is 3. The summed E-state index contributed by atoms with van der Waals surface area (Å²) in [6.07, 6.45) is 12.1. The molecule has 6 heteroatoms. The van der Waals surface area contributed by atoms with Crippen LogP contribution in [0.5, 0.6) is 0 Å². The summed E-state index contributed by atoms with van der Waals surface area (Å²) in [6, 6.07) is 0. The van der Waals surface area contributed by atoms with Gasteiger partial charge < -0.3 is 15.5 Å². The molecule has 176 valence electrons. The summed E-state index contributed by atoms with van der Waals surface area (Å²) < 4.78 is 0. The third-order valence-corrected chi connectivity index (χ3v) is 10.7. The monoisotopic (exact) mass is 432 g/mol. The minimum absolute atomic E-state index is 0.0355. The van der Waals surface area contributed by atoms with Gasteiger partial charge in [-0.1, -0.05) is 13.8 Å². The van der Waals surface area contributed by atoms with Crippen LogP contribution in [0.25, 0.3) is 0 Å². The maximum atomic E-state index is 12.2. The topological polar surface area (TPSA) is 88.9 Å². The van der Waals surface area contributed by atoms with Crippen molar-refractivity contribution in [2.75, 3.05) is 19.6 Å². The molecule has 6 nitrogen and oxygen atoms in total. The number of rotatable bonds is 4. The normalized spacial score (nSPS) is 49.3. The summed E-state index contributed by atoms with van der Waals surface area (Å²) in [7, 11) is 0. The predicted octanol–water partition coefficient (Wildman–Crippen LogP) is 2.95. The fourth-order valence-electron chi connectivity index (χ4n) is 8.79. The van der Waals surface area contributed by atoms with Crippen LogP contribution >= 0.6 is 0 Å². The summed E-state index contributed by atoms with van der Waals surface area (Å²) in [5.41, 5.74) is 6.44. The van der Waals surface area contributed by atoms with E-state index in [1.807, 2.05) is 0 Å². The lowest BCUT2D eigenvalue weighted by molar-refractivity contribution is -0.210. The van der Waals surface area contributed by atoms with Crippen LogP contribution in [0.2, 0.25) is 0 Å². The highest BCUT2D eigenvalue weighted by molar-refractivity contribution is 5.79. The zero-order chi connectivity index (χ0) is 21.7. The SMILES string of the molecule is C[C@]12CC[C@H](O)C[C@H]1CC[C@@H]1[C@@H]2CC[C@]2(C)[C@@H](CCNNC3=NCCCN3)CC[C@]12O. The van der Waals surface area contributed by atoms with Gasteiger partial charge >= 0.3 is 0 Å². The Morgan fingerprint density at radius 2 is 1.94 bits per heavy atom. The van der Waals surface area contributed by atoms with Crippen molar-refractivity contribution in [1.29, 1.82) is 0 Å². The van der Waals surface area contributed by atoms with Gasteiger partial charge in [0.2, 0.25) is 5.96 Å². The summed E-state index contributed by atoms with van der Waals surface area (Å²) in [5, 5.41) is 25.8. The molecule has 0 aromatic heterocycles. The fraction of sp³-hybridized carbons (Fsp3) is 0.960. The molecule has 4 fully saturated rings. The molecule has 0 unspecified atom stereocenters. The maximum Gasteiger partial charge on any atom is 0.205 e. The van der Waals surface area contributed by atoms with E-state index in [2.05, 4.69) is 35.0 Å². The van der Waals surface area contributed by atoms with Crippen LogP contribution in [0.3, 0.4) is 0 Å². The second kappa shape index (κ2) is 8.18. The molecule has 4 aliphatic carbocycles. The molecular weight excluding hydrogens is 388 g/mol. The average molecular weight is 433 g/mol. The molecule has 0 radical (unpaired) electrons. The largest absolute Gasteiger partial charge is 0.393 e. The summed E-state index contributed by atoms with van der Waals surface area (Å²) in [6.45, 7) is 7.69. The van der Waals surface area contributed by atoms with Gasteiger partial charge in [0.1, 0.15) is 0 Å². The lowest BCUT2D eigenvalue weighted by Gasteiger charge is -2.63. The van der Waals surface area contributed by atoms with Gasteiger partial charge in [-0.05, 0) is 105 Å². The van der Waals surface area contributed by atoms with Gasteiger partial charge in [-0.2, -0.15) is 0 Å². The summed E-state index contributed by atoms with van der Waals surface area (Å²) >= 11 is 0. The zero-order valence-electron chi connectivity index (χ0n) is 19.6. The molecule has 0 amide bonds. The number of guanidine groups is 1. The Morgan fingerprint density at radius 3 is 2.74 bits per heavy atom. The molecule has 0 aromatic carbocycles. The Morgan fingerprint density at radius 1 is 1.06 bits per heavy atom. The van der Waals surface area contributed by atoms with E-state index in [4.69, 9.17) is 0 Å². The molecule has 1 aliphatic heterocycles. The first-order valence-corrected chi connectivity index (χ1v) is 13.0.